The first-order valence-corrected chi connectivity index (χ1v) is 5.43. The SMILES string of the molecule is COc1ccc(OCc2ccc(F)c(O)c2)cc1. The first kappa shape index (κ1) is 12.2. The van der Waals surface area contributed by atoms with E-state index in [2.05, 4.69) is 0 Å². The maximum absolute atomic E-state index is 12.8. The molecule has 0 heterocycles. The average molecular weight is 248 g/mol. The highest BCUT2D eigenvalue weighted by atomic mass is 19.1. The van der Waals surface area contributed by atoms with Gasteiger partial charge in [0.15, 0.2) is 11.6 Å². The number of methoxy groups -OCH3 is 1. The summed E-state index contributed by atoms with van der Waals surface area (Å²) in [5.41, 5.74) is 0.699. The van der Waals surface area contributed by atoms with Crippen LogP contribution in [-0.4, -0.2) is 12.2 Å². The summed E-state index contributed by atoms with van der Waals surface area (Å²) in [7, 11) is 1.59. The lowest BCUT2D eigenvalue weighted by Crippen LogP contribution is -1.95. The lowest BCUT2D eigenvalue weighted by molar-refractivity contribution is 0.304. The van der Waals surface area contributed by atoms with Crippen LogP contribution in [0.25, 0.3) is 0 Å². The molecule has 4 heteroatoms. The normalized spacial score (nSPS) is 10.1. The van der Waals surface area contributed by atoms with E-state index in [4.69, 9.17) is 9.47 Å². The topological polar surface area (TPSA) is 38.7 Å². The molecule has 1 N–H and O–H groups in total. The van der Waals surface area contributed by atoms with Crippen molar-refractivity contribution in [3.63, 3.8) is 0 Å². The number of ether oxygens (including phenoxy) is 2. The molecular formula is C14H13FO3. The molecular weight excluding hydrogens is 235 g/mol. The van der Waals surface area contributed by atoms with Gasteiger partial charge in [-0.3, -0.25) is 0 Å². The molecule has 0 amide bonds. The van der Waals surface area contributed by atoms with Crippen molar-refractivity contribution in [3.8, 4) is 17.2 Å². The molecule has 3 nitrogen and oxygen atoms in total. The molecule has 0 atom stereocenters. The van der Waals surface area contributed by atoms with Crippen LogP contribution >= 0.6 is 0 Å². The molecule has 94 valence electrons. The van der Waals surface area contributed by atoms with Crippen molar-refractivity contribution >= 4 is 0 Å². The number of aromatic hydroxyl groups is 1. The Labute approximate surface area is 104 Å². The zero-order chi connectivity index (χ0) is 13.0. The molecule has 0 aliphatic rings. The summed E-state index contributed by atoms with van der Waals surface area (Å²) in [6.45, 7) is 0.264. The third-order valence-electron chi connectivity index (χ3n) is 2.48. The van der Waals surface area contributed by atoms with Gasteiger partial charge in [-0.05, 0) is 42.0 Å². The zero-order valence-corrected chi connectivity index (χ0v) is 9.89. The highest BCUT2D eigenvalue weighted by Gasteiger charge is 2.02. The number of rotatable bonds is 4. The van der Waals surface area contributed by atoms with Crippen molar-refractivity contribution in [2.24, 2.45) is 0 Å². The molecule has 0 saturated carbocycles. The first-order valence-electron chi connectivity index (χ1n) is 5.43. The minimum Gasteiger partial charge on any atom is -0.505 e. The van der Waals surface area contributed by atoms with Crippen LogP contribution in [0.1, 0.15) is 5.56 Å². The van der Waals surface area contributed by atoms with Crippen LogP contribution in [0.3, 0.4) is 0 Å². The van der Waals surface area contributed by atoms with Crippen LogP contribution in [0.5, 0.6) is 17.2 Å². The van der Waals surface area contributed by atoms with E-state index in [1.54, 1.807) is 37.4 Å². The van der Waals surface area contributed by atoms with Gasteiger partial charge in [0, 0.05) is 0 Å². The van der Waals surface area contributed by atoms with Crippen LogP contribution in [0.2, 0.25) is 0 Å². The van der Waals surface area contributed by atoms with Crippen molar-refractivity contribution in [2.75, 3.05) is 7.11 Å². The highest BCUT2D eigenvalue weighted by Crippen LogP contribution is 2.20. The van der Waals surface area contributed by atoms with Gasteiger partial charge >= 0.3 is 0 Å². The molecule has 0 bridgehead atoms. The van der Waals surface area contributed by atoms with Crippen molar-refractivity contribution in [1.82, 2.24) is 0 Å². The van der Waals surface area contributed by atoms with E-state index < -0.39 is 5.82 Å². The third kappa shape index (κ3) is 2.91. The molecule has 0 unspecified atom stereocenters. The zero-order valence-electron chi connectivity index (χ0n) is 9.89. The van der Waals surface area contributed by atoms with Gasteiger partial charge < -0.3 is 14.6 Å². The Bertz CT molecular complexity index is 523. The fraction of sp³-hybridized carbons (Fsp3) is 0.143. The van der Waals surface area contributed by atoms with Crippen molar-refractivity contribution in [1.29, 1.82) is 0 Å². The number of hydrogen-bond donors (Lipinski definition) is 1. The van der Waals surface area contributed by atoms with Gasteiger partial charge in [0.05, 0.1) is 7.11 Å². The molecule has 2 aromatic carbocycles. The van der Waals surface area contributed by atoms with E-state index in [1.165, 1.54) is 12.1 Å². The summed E-state index contributed by atoms with van der Waals surface area (Å²) >= 11 is 0. The second-order valence-electron chi connectivity index (χ2n) is 3.75. The van der Waals surface area contributed by atoms with E-state index in [-0.39, 0.29) is 12.4 Å². The third-order valence-corrected chi connectivity index (χ3v) is 2.48. The number of benzene rings is 2. The summed E-state index contributed by atoms with van der Waals surface area (Å²) in [4.78, 5) is 0. The summed E-state index contributed by atoms with van der Waals surface area (Å²) in [6, 6.07) is 11.3. The average Bonchev–Trinajstić information content (AvgIpc) is 2.41. The van der Waals surface area contributed by atoms with Gasteiger partial charge in [-0.2, -0.15) is 0 Å². The smallest absolute Gasteiger partial charge is 0.164 e. The molecule has 0 saturated heterocycles. The van der Waals surface area contributed by atoms with Gasteiger partial charge in [-0.1, -0.05) is 6.07 Å². The summed E-state index contributed by atoms with van der Waals surface area (Å²) < 4.78 is 23.4. The Morgan fingerprint density at radius 2 is 1.72 bits per heavy atom. The standard InChI is InChI=1S/C14H13FO3/c1-17-11-3-5-12(6-4-11)18-9-10-2-7-13(15)14(16)8-10/h2-8,16H,9H2,1H3. The molecule has 0 aliphatic heterocycles. The summed E-state index contributed by atoms with van der Waals surface area (Å²) in [5.74, 6) is 0.426. The molecule has 0 fully saturated rings. The predicted octanol–water partition coefficient (Wildman–Crippen LogP) is 3.12. The minimum atomic E-state index is -0.636. The number of hydrogen-bond acceptors (Lipinski definition) is 3. The number of halogens is 1. The maximum atomic E-state index is 12.8. The fourth-order valence-electron chi connectivity index (χ4n) is 1.49. The predicted molar refractivity (Wildman–Crippen MR) is 65.4 cm³/mol. The van der Waals surface area contributed by atoms with Crippen LogP contribution < -0.4 is 9.47 Å². The van der Waals surface area contributed by atoms with E-state index in [0.717, 1.165) is 5.75 Å². The van der Waals surface area contributed by atoms with Gasteiger partial charge in [-0.25, -0.2) is 4.39 Å². The fourth-order valence-corrected chi connectivity index (χ4v) is 1.49. The van der Waals surface area contributed by atoms with Crippen LogP contribution in [-0.2, 0) is 6.61 Å². The molecule has 0 aromatic heterocycles. The lowest BCUT2D eigenvalue weighted by atomic mass is 10.2. The van der Waals surface area contributed by atoms with Crippen molar-refractivity contribution in [2.45, 2.75) is 6.61 Å². The molecule has 2 rings (SSSR count). The minimum absolute atomic E-state index is 0.264. The Hall–Kier alpha value is -2.23. The highest BCUT2D eigenvalue weighted by molar-refractivity contribution is 5.32. The number of phenolic OH excluding ortho intramolecular Hbond substituents is 1. The quantitative estimate of drug-likeness (QED) is 0.903. The van der Waals surface area contributed by atoms with Crippen molar-refractivity contribution in [3.05, 3.63) is 53.8 Å². The molecule has 18 heavy (non-hydrogen) atoms. The molecule has 0 aliphatic carbocycles. The second kappa shape index (κ2) is 5.40. The van der Waals surface area contributed by atoms with Gasteiger partial charge in [0.2, 0.25) is 0 Å². The number of phenols is 1. The summed E-state index contributed by atoms with van der Waals surface area (Å²) in [6.07, 6.45) is 0. The monoisotopic (exact) mass is 248 g/mol. The van der Waals surface area contributed by atoms with Gasteiger partial charge in [-0.15, -0.1) is 0 Å². The maximum Gasteiger partial charge on any atom is 0.164 e. The van der Waals surface area contributed by atoms with Gasteiger partial charge in [0.25, 0.3) is 0 Å². The van der Waals surface area contributed by atoms with Crippen LogP contribution in [0.4, 0.5) is 4.39 Å². The summed E-state index contributed by atoms with van der Waals surface area (Å²) in [5, 5.41) is 9.22. The Kier molecular flexibility index (Phi) is 3.67. The molecule has 0 radical (unpaired) electrons. The Morgan fingerprint density at radius 1 is 1.06 bits per heavy atom. The van der Waals surface area contributed by atoms with E-state index in [9.17, 15) is 9.50 Å². The van der Waals surface area contributed by atoms with Crippen molar-refractivity contribution < 1.29 is 19.0 Å². The molecule has 0 spiro atoms. The van der Waals surface area contributed by atoms with E-state index >= 15 is 0 Å². The lowest BCUT2D eigenvalue weighted by Gasteiger charge is -2.07. The first-order chi connectivity index (χ1) is 8.69. The van der Waals surface area contributed by atoms with E-state index in [1.807, 2.05) is 0 Å². The second-order valence-corrected chi connectivity index (χ2v) is 3.75. The Balaban J connectivity index is 1.99. The Morgan fingerprint density at radius 3 is 2.33 bits per heavy atom. The molecule has 2 aromatic rings. The largest absolute Gasteiger partial charge is 0.505 e. The van der Waals surface area contributed by atoms with Crippen LogP contribution in [0.15, 0.2) is 42.5 Å². The van der Waals surface area contributed by atoms with E-state index in [0.29, 0.717) is 11.3 Å². The van der Waals surface area contributed by atoms with Gasteiger partial charge in [0.1, 0.15) is 18.1 Å². The van der Waals surface area contributed by atoms with Crippen LogP contribution in [0, 0.1) is 5.82 Å².